The van der Waals surface area contributed by atoms with Crippen molar-refractivity contribution in [3.05, 3.63) is 18.1 Å². The van der Waals surface area contributed by atoms with E-state index >= 15 is 0 Å². The molecule has 4 nitrogen and oxygen atoms in total. The fourth-order valence-corrected chi connectivity index (χ4v) is 1.09. The van der Waals surface area contributed by atoms with E-state index in [0.29, 0.717) is 0 Å². The van der Waals surface area contributed by atoms with Gasteiger partial charge in [0.25, 0.3) is 0 Å². The number of hydrogen-bond acceptors (Lipinski definition) is 4. The number of aromatic nitrogens is 2. The Labute approximate surface area is 90.3 Å². The van der Waals surface area contributed by atoms with Crippen molar-refractivity contribution in [2.24, 2.45) is 0 Å². The fourth-order valence-electron chi connectivity index (χ4n) is 1.09. The summed E-state index contributed by atoms with van der Waals surface area (Å²) in [5.74, 6) is 0.161. The molecule has 0 aliphatic carbocycles. The lowest BCUT2D eigenvalue weighted by molar-refractivity contribution is -0.132. The smallest absolute Gasteiger partial charge is 0.357 e. The van der Waals surface area contributed by atoms with Gasteiger partial charge in [0.15, 0.2) is 11.5 Å². The fraction of sp³-hybridized carbons (Fsp3) is 0.444. The lowest BCUT2D eigenvalue weighted by Crippen LogP contribution is -2.25. The first-order valence-electron chi connectivity index (χ1n) is 4.43. The Balaban J connectivity index is 2.74. The maximum atomic E-state index is 12.0. The average molecular weight is 230 g/mol. The summed E-state index contributed by atoms with van der Waals surface area (Å²) in [6.07, 6.45) is -2.52. The predicted molar refractivity (Wildman–Crippen MR) is 50.7 cm³/mol. The van der Waals surface area contributed by atoms with Gasteiger partial charge >= 0.3 is 6.18 Å². The van der Waals surface area contributed by atoms with E-state index in [-0.39, 0.29) is 18.1 Å². The first-order valence-corrected chi connectivity index (χ1v) is 4.43. The highest BCUT2D eigenvalue weighted by atomic mass is 19.4. The highest BCUT2D eigenvalue weighted by molar-refractivity contribution is 5.48. The second-order valence-corrected chi connectivity index (χ2v) is 3.13. The molecule has 0 fully saturated rings. The van der Waals surface area contributed by atoms with Crippen LogP contribution in [0.15, 0.2) is 12.4 Å². The number of nitrogens with zero attached hydrogens (tertiary/aromatic N) is 4. The lowest BCUT2D eigenvalue weighted by atomic mass is 10.3. The molecule has 1 aromatic rings. The predicted octanol–water partition coefficient (Wildman–Crippen LogP) is 1.74. The van der Waals surface area contributed by atoms with Crippen LogP contribution in [0.25, 0.3) is 0 Å². The van der Waals surface area contributed by atoms with Gasteiger partial charge in [-0.25, -0.2) is 9.97 Å². The molecule has 0 aliphatic rings. The van der Waals surface area contributed by atoms with E-state index in [9.17, 15) is 13.2 Å². The SMILES string of the molecule is CN(CCC(F)(F)F)c1nccnc1C#N. The Hall–Kier alpha value is -1.84. The van der Waals surface area contributed by atoms with Gasteiger partial charge in [0.1, 0.15) is 6.07 Å². The van der Waals surface area contributed by atoms with Gasteiger partial charge < -0.3 is 4.90 Å². The normalized spacial score (nSPS) is 10.9. The molecule has 1 rings (SSSR count). The molecule has 0 bridgehead atoms. The third kappa shape index (κ3) is 3.38. The summed E-state index contributed by atoms with van der Waals surface area (Å²) in [5.41, 5.74) is 0.0205. The summed E-state index contributed by atoms with van der Waals surface area (Å²) in [6.45, 7) is -0.253. The molecule has 7 heteroatoms. The topological polar surface area (TPSA) is 52.8 Å². The number of halogens is 3. The molecule has 0 N–H and O–H groups in total. The zero-order chi connectivity index (χ0) is 12.2. The van der Waals surface area contributed by atoms with Crippen molar-refractivity contribution in [3.63, 3.8) is 0 Å². The molecular formula is C9H9F3N4. The van der Waals surface area contributed by atoms with Crippen LogP contribution in [-0.4, -0.2) is 29.7 Å². The lowest BCUT2D eigenvalue weighted by Gasteiger charge is -2.19. The average Bonchev–Trinajstić information content (AvgIpc) is 2.25. The van der Waals surface area contributed by atoms with Crippen LogP contribution in [0.2, 0.25) is 0 Å². The number of nitriles is 1. The van der Waals surface area contributed by atoms with Crippen LogP contribution in [0, 0.1) is 11.3 Å². The molecule has 0 saturated carbocycles. The first kappa shape index (κ1) is 12.2. The summed E-state index contributed by atoms with van der Waals surface area (Å²) in [7, 11) is 1.44. The molecule has 0 unspecified atom stereocenters. The van der Waals surface area contributed by atoms with Gasteiger partial charge in [-0.05, 0) is 0 Å². The number of rotatable bonds is 3. The van der Waals surface area contributed by atoms with E-state index in [1.165, 1.54) is 24.3 Å². The quantitative estimate of drug-likeness (QED) is 0.793. The molecule has 0 amide bonds. The van der Waals surface area contributed by atoms with E-state index in [4.69, 9.17) is 5.26 Å². The first-order chi connectivity index (χ1) is 7.44. The molecular weight excluding hydrogens is 221 g/mol. The molecule has 16 heavy (non-hydrogen) atoms. The zero-order valence-corrected chi connectivity index (χ0v) is 8.49. The van der Waals surface area contributed by atoms with Crippen molar-refractivity contribution in [1.29, 1.82) is 5.26 Å². The molecule has 0 spiro atoms. The minimum Gasteiger partial charge on any atom is -0.357 e. The molecule has 1 aromatic heterocycles. The van der Waals surface area contributed by atoms with Crippen molar-refractivity contribution < 1.29 is 13.2 Å². The van der Waals surface area contributed by atoms with Crippen molar-refractivity contribution >= 4 is 5.82 Å². The Morgan fingerprint density at radius 3 is 2.56 bits per heavy atom. The summed E-state index contributed by atoms with van der Waals surface area (Å²) in [5, 5.41) is 8.69. The Morgan fingerprint density at radius 2 is 2.00 bits per heavy atom. The van der Waals surface area contributed by atoms with Gasteiger partial charge in [0.05, 0.1) is 6.42 Å². The van der Waals surface area contributed by atoms with E-state index in [0.717, 1.165) is 0 Å². The second kappa shape index (κ2) is 4.79. The van der Waals surface area contributed by atoms with Gasteiger partial charge in [0, 0.05) is 26.0 Å². The number of hydrogen-bond donors (Lipinski definition) is 0. The van der Waals surface area contributed by atoms with Crippen LogP contribution < -0.4 is 4.90 Å². The molecule has 0 aromatic carbocycles. The molecule has 0 saturated heterocycles. The Morgan fingerprint density at radius 1 is 1.38 bits per heavy atom. The standard InChI is InChI=1S/C9H9F3N4/c1-16(5-2-9(10,11)12)8-7(6-13)14-3-4-15-8/h3-4H,2,5H2,1H3. The third-order valence-corrected chi connectivity index (χ3v) is 1.88. The van der Waals surface area contributed by atoms with E-state index in [1.54, 1.807) is 6.07 Å². The van der Waals surface area contributed by atoms with Crippen LogP contribution in [-0.2, 0) is 0 Å². The second-order valence-electron chi connectivity index (χ2n) is 3.13. The van der Waals surface area contributed by atoms with Gasteiger partial charge in [-0.1, -0.05) is 0 Å². The van der Waals surface area contributed by atoms with Crippen LogP contribution in [0.5, 0.6) is 0 Å². The van der Waals surface area contributed by atoms with Crippen molar-refractivity contribution in [1.82, 2.24) is 9.97 Å². The minimum atomic E-state index is -4.22. The molecule has 1 heterocycles. The van der Waals surface area contributed by atoms with E-state index < -0.39 is 12.6 Å². The minimum absolute atomic E-state index is 0.0205. The Kier molecular flexibility index (Phi) is 3.66. The van der Waals surface area contributed by atoms with Crippen LogP contribution in [0.1, 0.15) is 12.1 Å². The molecule has 86 valence electrons. The largest absolute Gasteiger partial charge is 0.390 e. The van der Waals surface area contributed by atoms with Crippen molar-refractivity contribution in [2.75, 3.05) is 18.5 Å². The third-order valence-electron chi connectivity index (χ3n) is 1.88. The monoisotopic (exact) mass is 230 g/mol. The summed E-state index contributed by atoms with van der Waals surface area (Å²) >= 11 is 0. The van der Waals surface area contributed by atoms with Gasteiger partial charge in [-0.15, -0.1) is 0 Å². The maximum absolute atomic E-state index is 12.0. The van der Waals surface area contributed by atoms with Crippen LogP contribution in [0.4, 0.5) is 19.0 Å². The highest BCUT2D eigenvalue weighted by Gasteiger charge is 2.27. The molecule has 0 aliphatic heterocycles. The van der Waals surface area contributed by atoms with Gasteiger partial charge in [-0.2, -0.15) is 18.4 Å². The summed E-state index contributed by atoms with van der Waals surface area (Å²) in [4.78, 5) is 8.80. The van der Waals surface area contributed by atoms with E-state index in [1.807, 2.05) is 0 Å². The number of anilines is 1. The van der Waals surface area contributed by atoms with Gasteiger partial charge in [0.2, 0.25) is 0 Å². The number of alkyl halides is 3. The maximum Gasteiger partial charge on any atom is 0.390 e. The Bertz CT molecular complexity index is 396. The van der Waals surface area contributed by atoms with Crippen LogP contribution in [0.3, 0.4) is 0 Å². The summed E-state index contributed by atoms with van der Waals surface area (Å²) < 4.78 is 36.0. The molecule has 0 radical (unpaired) electrons. The highest BCUT2D eigenvalue weighted by Crippen LogP contribution is 2.21. The molecule has 0 atom stereocenters. The van der Waals surface area contributed by atoms with Crippen LogP contribution >= 0.6 is 0 Å². The van der Waals surface area contributed by atoms with Crippen molar-refractivity contribution in [3.8, 4) is 6.07 Å². The van der Waals surface area contributed by atoms with Crippen molar-refractivity contribution in [2.45, 2.75) is 12.6 Å². The van der Waals surface area contributed by atoms with Gasteiger partial charge in [-0.3, -0.25) is 0 Å². The van der Waals surface area contributed by atoms with E-state index in [2.05, 4.69) is 9.97 Å². The zero-order valence-electron chi connectivity index (χ0n) is 8.49. The summed E-state index contributed by atoms with van der Waals surface area (Å²) in [6, 6.07) is 1.78.